The highest BCUT2D eigenvalue weighted by Gasteiger charge is 2.19. The molecule has 1 aromatic carbocycles. The molecule has 1 amide bonds. The van der Waals surface area contributed by atoms with Crippen LogP contribution in [0.1, 0.15) is 60.1 Å². The zero-order valence-electron chi connectivity index (χ0n) is 18.5. The summed E-state index contributed by atoms with van der Waals surface area (Å²) in [5.41, 5.74) is 4.05. The molecule has 0 fully saturated rings. The number of carboxylic acids is 1. The van der Waals surface area contributed by atoms with Crippen molar-refractivity contribution < 1.29 is 23.5 Å². The molecule has 2 aromatic heterocycles. The fourth-order valence-corrected chi connectivity index (χ4v) is 3.91. The van der Waals surface area contributed by atoms with Gasteiger partial charge in [0.25, 0.3) is 0 Å². The molecule has 0 saturated carbocycles. The van der Waals surface area contributed by atoms with Gasteiger partial charge in [0.15, 0.2) is 0 Å². The number of carbonyl (C=O) groups is 2. The molecule has 3 rings (SSSR count). The lowest BCUT2D eigenvalue weighted by Crippen LogP contribution is -2.25. The maximum Gasteiger partial charge on any atom is 0.339 e. The fraction of sp³-hybridized carbons (Fsp3) is 0.458. The summed E-state index contributed by atoms with van der Waals surface area (Å²) in [6.45, 7) is 8.20. The molecule has 0 saturated heterocycles. The Bertz CT molecular complexity index is 1200. The van der Waals surface area contributed by atoms with Crippen molar-refractivity contribution in [1.29, 1.82) is 0 Å². The monoisotopic (exact) mass is 427 g/mol. The van der Waals surface area contributed by atoms with Crippen molar-refractivity contribution in [2.75, 3.05) is 6.54 Å². The molecule has 2 N–H and O–H groups in total. The van der Waals surface area contributed by atoms with Gasteiger partial charge in [0, 0.05) is 41.3 Å². The van der Waals surface area contributed by atoms with Crippen LogP contribution in [0.25, 0.3) is 21.9 Å². The van der Waals surface area contributed by atoms with E-state index in [4.69, 9.17) is 13.9 Å². The van der Waals surface area contributed by atoms with E-state index in [1.165, 1.54) is 0 Å². The van der Waals surface area contributed by atoms with Crippen LogP contribution < -0.4 is 10.9 Å². The van der Waals surface area contributed by atoms with Crippen molar-refractivity contribution in [1.82, 2.24) is 5.32 Å². The van der Waals surface area contributed by atoms with Gasteiger partial charge in [-0.15, -0.1) is 0 Å². The molecule has 0 aliphatic heterocycles. The number of hydrogen-bond donors (Lipinski definition) is 2. The largest absolute Gasteiger partial charge is 0.481 e. The number of nitrogens with one attached hydrogen (secondary N) is 1. The predicted octanol–water partition coefficient (Wildman–Crippen LogP) is 4.47. The van der Waals surface area contributed by atoms with Gasteiger partial charge >= 0.3 is 11.6 Å². The van der Waals surface area contributed by atoms with Crippen LogP contribution in [0.2, 0.25) is 0 Å². The Balaban J connectivity index is 1.72. The Morgan fingerprint density at radius 1 is 0.903 bits per heavy atom. The molecule has 0 unspecified atom stereocenters. The van der Waals surface area contributed by atoms with Gasteiger partial charge in [-0.05, 0) is 64.2 Å². The van der Waals surface area contributed by atoms with Crippen LogP contribution in [0.3, 0.4) is 0 Å². The minimum Gasteiger partial charge on any atom is -0.481 e. The first-order valence-corrected chi connectivity index (χ1v) is 10.6. The Morgan fingerprint density at radius 2 is 1.58 bits per heavy atom. The third kappa shape index (κ3) is 4.81. The number of carbonyl (C=O) groups excluding carboxylic acids is 1. The molecule has 0 aliphatic carbocycles. The van der Waals surface area contributed by atoms with Crippen LogP contribution >= 0.6 is 0 Å². The molecular formula is C24H29NO6. The van der Waals surface area contributed by atoms with Gasteiger partial charge in [-0.2, -0.15) is 0 Å². The van der Waals surface area contributed by atoms with E-state index in [1.807, 2.05) is 33.8 Å². The fourth-order valence-electron chi connectivity index (χ4n) is 3.91. The first-order chi connectivity index (χ1) is 14.7. The number of benzene rings is 1. The smallest absolute Gasteiger partial charge is 0.339 e. The van der Waals surface area contributed by atoms with Crippen molar-refractivity contribution in [2.45, 2.75) is 66.2 Å². The lowest BCUT2D eigenvalue weighted by Gasteiger charge is -2.10. The number of rotatable bonds is 9. The zero-order valence-corrected chi connectivity index (χ0v) is 18.5. The third-order valence-corrected chi connectivity index (χ3v) is 5.94. The second-order valence-electron chi connectivity index (χ2n) is 8.09. The molecule has 166 valence electrons. The van der Waals surface area contributed by atoms with E-state index in [0.717, 1.165) is 51.6 Å². The molecule has 0 atom stereocenters. The number of aliphatic carboxylic acids is 1. The molecule has 2 heterocycles. The number of unbranched alkanes of at least 4 members (excludes halogenated alkanes) is 2. The van der Waals surface area contributed by atoms with Crippen molar-refractivity contribution in [3.63, 3.8) is 0 Å². The van der Waals surface area contributed by atoms with E-state index >= 15 is 0 Å². The normalized spacial score (nSPS) is 11.4. The van der Waals surface area contributed by atoms with Gasteiger partial charge in [0.05, 0.1) is 0 Å². The topological polar surface area (TPSA) is 110 Å². The molecule has 7 nitrogen and oxygen atoms in total. The van der Waals surface area contributed by atoms with Gasteiger partial charge < -0.3 is 19.3 Å². The van der Waals surface area contributed by atoms with Crippen LogP contribution in [0, 0.1) is 27.7 Å². The van der Waals surface area contributed by atoms with Gasteiger partial charge in [-0.1, -0.05) is 6.42 Å². The third-order valence-electron chi connectivity index (χ3n) is 5.94. The van der Waals surface area contributed by atoms with Gasteiger partial charge in [-0.3, -0.25) is 9.59 Å². The minimum atomic E-state index is -0.803. The number of aryl methyl sites for hydroxylation is 4. The zero-order chi connectivity index (χ0) is 22.7. The van der Waals surface area contributed by atoms with E-state index in [2.05, 4.69) is 5.32 Å². The number of amides is 1. The van der Waals surface area contributed by atoms with Crippen molar-refractivity contribution in [3.05, 3.63) is 44.5 Å². The molecular weight excluding hydrogens is 398 g/mol. The minimum absolute atomic E-state index is 0.134. The Labute approximate surface area is 180 Å². The van der Waals surface area contributed by atoms with Crippen molar-refractivity contribution in [3.8, 4) is 0 Å². The lowest BCUT2D eigenvalue weighted by atomic mass is 9.98. The maximum atomic E-state index is 12.6. The molecule has 0 aliphatic rings. The highest BCUT2D eigenvalue weighted by molar-refractivity contribution is 6.00. The molecule has 0 bridgehead atoms. The SMILES string of the molecule is Cc1oc2c(C)c3oc(=O)c(CCC(=O)NCCCCCC(=O)O)c(C)c3cc2c1C. The van der Waals surface area contributed by atoms with Crippen LogP contribution in [-0.2, 0) is 16.0 Å². The summed E-state index contributed by atoms with van der Waals surface area (Å²) < 4.78 is 11.5. The van der Waals surface area contributed by atoms with Crippen molar-refractivity contribution >= 4 is 33.8 Å². The predicted molar refractivity (Wildman–Crippen MR) is 119 cm³/mol. The number of carboxylic acid groups (broad SMARTS) is 1. The molecule has 0 radical (unpaired) electrons. The van der Waals surface area contributed by atoms with E-state index < -0.39 is 11.6 Å². The Hall–Kier alpha value is -3.09. The van der Waals surface area contributed by atoms with E-state index in [0.29, 0.717) is 30.5 Å². The van der Waals surface area contributed by atoms with Gasteiger partial charge in [-0.25, -0.2) is 4.79 Å². The second-order valence-corrected chi connectivity index (χ2v) is 8.09. The Morgan fingerprint density at radius 3 is 2.29 bits per heavy atom. The summed E-state index contributed by atoms with van der Waals surface area (Å²) in [7, 11) is 0. The summed E-state index contributed by atoms with van der Waals surface area (Å²) in [4.78, 5) is 35.3. The summed E-state index contributed by atoms with van der Waals surface area (Å²) in [6, 6.07) is 2.00. The van der Waals surface area contributed by atoms with Crippen LogP contribution in [-0.4, -0.2) is 23.5 Å². The van der Waals surface area contributed by atoms with Crippen LogP contribution in [0.5, 0.6) is 0 Å². The first kappa shape index (κ1) is 22.6. The maximum absolute atomic E-state index is 12.6. The van der Waals surface area contributed by atoms with Crippen LogP contribution in [0.4, 0.5) is 0 Å². The van der Waals surface area contributed by atoms with E-state index in [9.17, 15) is 14.4 Å². The molecule has 0 spiro atoms. The summed E-state index contributed by atoms with van der Waals surface area (Å²) >= 11 is 0. The van der Waals surface area contributed by atoms with Crippen molar-refractivity contribution in [2.24, 2.45) is 0 Å². The molecule has 3 aromatic rings. The standard InChI is InChI=1S/C24H29NO6/c1-13-16(4)30-22-15(3)23-19(12-18(13)22)14(2)17(24(29)31-23)9-10-20(26)25-11-7-5-6-8-21(27)28/h12H,5-11H2,1-4H3,(H,25,26)(H,27,28). The molecule has 7 heteroatoms. The Kier molecular flexibility index (Phi) is 6.83. The van der Waals surface area contributed by atoms with Crippen LogP contribution in [0.15, 0.2) is 19.7 Å². The van der Waals surface area contributed by atoms with Gasteiger partial charge in [0.2, 0.25) is 5.91 Å². The summed E-state index contributed by atoms with van der Waals surface area (Å²) in [6.07, 6.45) is 2.72. The lowest BCUT2D eigenvalue weighted by molar-refractivity contribution is -0.137. The average molecular weight is 427 g/mol. The first-order valence-electron chi connectivity index (χ1n) is 10.6. The van der Waals surface area contributed by atoms with Gasteiger partial charge in [0.1, 0.15) is 16.9 Å². The molecule has 31 heavy (non-hydrogen) atoms. The number of fused-ring (bicyclic) bond motifs is 2. The average Bonchev–Trinajstić information content (AvgIpc) is 3.00. The quantitative estimate of drug-likeness (QED) is 0.385. The number of furan rings is 1. The highest BCUT2D eigenvalue weighted by atomic mass is 16.4. The highest BCUT2D eigenvalue weighted by Crippen LogP contribution is 2.34. The number of hydrogen-bond acceptors (Lipinski definition) is 5. The second kappa shape index (κ2) is 9.37. The van der Waals surface area contributed by atoms with E-state index in [-0.39, 0.29) is 18.7 Å². The summed E-state index contributed by atoms with van der Waals surface area (Å²) in [5, 5.41) is 13.3. The van der Waals surface area contributed by atoms with E-state index in [1.54, 1.807) is 0 Å². The summed E-state index contributed by atoms with van der Waals surface area (Å²) in [5.74, 6) is -0.0963.